The maximum absolute atomic E-state index is 10.9. The van der Waals surface area contributed by atoms with Crippen molar-refractivity contribution in [3.8, 4) is 0 Å². The van der Waals surface area contributed by atoms with E-state index in [-0.39, 0.29) is 31.3 Å². The Labute approximate surface area is 110 Å². The van der Waals surface area contributed by atoms with Gasteiger partial charge in [-0.1, -0.05) is 11.6 Å². The summed E-state index contributed by atoms with van der Waals surface area (Å²) in [6.07, 6.45) is 0.622. The lowest BCUT2D eigenvalue weighted by Crippen LogP contribution is -2.22. The average Bonchev–Trinajstić information content (AvgIpc) is 2.11. The van der Waals surface area contributed by atoms with Crippen molar-refractivity contribution in [1.29, 1.82) is 0 Å². The summed E-state index contributed by atoms with van der Waals surface area (Å²) in [6.45, 7) is 0. The van der Waals surface area contributed by atoms with Gasteiger partial charge in [-0.25, -0.2) is 0 Å². The van der Waals surface area contributed by atoms with Gasteiger partial charge in [0, 0.05) is 12.5 Å². The molecule has 0 fully saturated rings. The third-order valence-electron chi connectivity index (χ3n) is 2.16. The number of hydrogen-bond donors (Lipinski definition) is 5. The van der Waals surface area contributed by atoms with Gasteiger partial charge in [-0.2, -0.15) is 0 Å². The summed E-state index contributed by atoms with van der Waals surface area (Å²) in [6, 6.07) is -0.858. The summed E-state index contributed by atoms with van der Waals surface area (Å²) in [4.78, 5) is 38.6. The molecule has 0 spiro atoms. The second-order valence-electron chi connectivity index (χ2n) is 4.16. The molecule has 0 bridgehead atoms. The first-order valence-corrected chi connectivity index (χ1v) is 7.33. The average molecular weight is 295 g/mol. The third-order valence-corrected chi connectivity index (χ3v) is 2.98. The Morgan fingerprint density at radius 2 is 1.74 bits per heavy atom. The van der Waals surface area contributed by atoms with E-state index < -0.39 is 31.7 Å². The molecular formula is C10H18NO7P. The van der Waals surface area contributed by atoms with Crippen molar-refractivity contribution in [3.63, 3.8) is 0 Å². The van der Waals surface area contributed by atoms with E-state index in [4.69, 9.17) is 25.7 Å². The van der Waals surface area contributed by atoms with Crippen LogP contribution < -0.4 is 5.73 Å². The lowest BCUT2D eigenvalue weighted by atomic mass is 10.1. The van der Waals surface area contributed by atoms with Gasteiger partial charge in [-0.3, -0.25) is 14.2 Å². The summed E-state index contributed by atoms with van der Waals surface area (Å²) < 4.78 is 10.9. The summed E-state index contributed by atoms with van der Waals surface area (Å²) in [5.74, 6) is -2.13. The zero-order valence-corrected chi connectivity index (χ0v) is 11.1. The number of carbonyl (C=O) groups is 2. The molecule has 1 atom stereocenters. The predicted molar refractivity (Wildman–Crippen MR) is 66.7 cm³/mol. The number of carboxylic acids is 2. The maximum Gasteiger partial charge on any atom is 0.329 e. The fourth-order valence-electron chi connectivity index (χ4n) is 1.51. The summed E-state index contributed by atoms with van der Waals surface area (Å²) in [5.41, 5.74) is 5.78. The zero-order valence-electron chi connectivity index (χ0n) is 10.2. The fourth-order valence-corrected chi connectivity index (χ4v) is 2.30. The van der Waals surface area contributed by atoms with E-state index in [1.54, 1.807) is 0 Å². The van der Waals surface area contributed by atoms with Crippen LogP contribution in [0.15, 0.2) is 11.6 Å². The van der Waals surface area contributed by atoms with Crippen LogP contribution in [0, 0.1) is 0 Å². The minimum Gasteiger partial charge on any atom is -0.481 e. The lowest BCUT2D eigenvalue weighted by molar-refractivity contribution is -0.138. The van der Waals surface area contributed by atoms with Gasteiger partial charge in [0.15, 0.2) is 0 Å². The number of carboxylic acid groups (broad SMARTS) is 2. The molecule has 6 N–H and O–H groups in total. The first-order valence-electron chi connectivity index (χ1n) is 5.53. The van der Waals surface area contributed by atoms with Crippen LogP contribution in [-0.4, -0.2) is 44.1 Å². The Kier molecular flexibility index (Phi) is 7.55. The lowest BCUT2D eigenvalue weighted by Gasteiger charge is -2.11. The number of rotatable bonds is 9. The smallest absolute Gasteiger partial charge is 0.329 e. The highest BCUT2D eigenvalue weighted by Crippen LogP contribution is 2.38. The van der Waals surface area contributed by atoms with Crippen LogP contribution in [0.25, 0.3) is 0 Å². The van der Waals surface area contributed by atoms with Gasteiger partial charge in [-0.15, -0.1) is 0 Å². The first kappa shape index (κ1) is 17.8. The fraction of sp³-hybridized carbons (Fsp3) is 0.600. The molecule has 0 amide bonds. The molecule has 8 nitrogen and oxygen atoms in total. The van der Waals surface area contributed by atoms with E-state index in [1.165, 1.54) is 6.08 Å². The van der Waals surface area contributed by atoms with Crippen molar-refractivity contribution in [3.05, 3.63) is 11.6 Å². The molecule has 9 heteroatoms. The Balaban J connectivity index is 4.64. The molecule has 0 aromatic heterocycles. The van der Waals surface area contributed by atoms with E-state index in [9.17, 15) is 14.2 Å². The van der Waals surface area contributed by atoms with E-state index in [1.807, 2.05) is 0 Å². The quantitative estimate of drug-likeness (QED) is 0.297. The molecule has 0 saturated heterocycles. The van der Waals surface area contributed by atoms with Crippen LogP contribution in [0.5, 0.6) is 0 Å². The second kappa shape index (κ2) is 8.06. The molecule has 0 aliphatic carbocycles. The Morgan fingerprint density at radius 1 is 1.16 bits per heavy atom. The molecule has 0 saturated carbocycles. The monoisotopic (exact) mass is 295 g/mol. The van der Waals surface area contributed by atoms with Gasteiger partial charge >= 0.3 is 19.5 Å². The first-order chi connectivity index (χ1) is 8.60. The molecule has 110 valence electrons. The highest BCUT2D eigenvalue weighted by Gasteiger charge is 2.17. The van der Waals surface area contributed by atoms with Crippen molar-refractivity contribution < 1.29 is 34.2 Å². The highest BCUT2D eigenvalue weighted by molar-refractivity contribution is 7.52. The van der Waals surface area contributed by atoms with Crippen LogP contribution in [0.1, 0.15) is 25.7 Å². The minimum absolute atomic E-state index is 0.132. The van der Waals surface area contributed by atoms with Crippen molar-refractivity contribution in [2.24, 2.45) is 5.73 Å². The summed E-state index contributed by atoms with van der Waals surface area (Å²) >= 11 is 0. The van der Waals surface area contributed by atoms with Crippen LogP contribution in [-0.2, 0) is 14.2 Å². The van der Waals surface area contributed by atoms with Crippen molar-refractivity contribution in [1.82, 2.24) is 0 Å². The molecule has 0 aliphatic heterocycles. The minimum atomic E-state index is -4.29. The number of nitrogens with two attached hydrogens (primary N) is 1. The number of hydrogen-bond acceptors (Lipinski definition) is 4. The van der Waals surface area contributed by atoms with Crippen LogP contribution in [0.4, 0.5) is 0 Å². The second-order valence-corrected chi connectivity index (χ2v) is 5.80. The predicted octanol–water partition coefficient (Wildman–Crippen LogP) is 0.147. The molecule has 0 aromatic rings. The molecule has 0 radical (unpaired) electrons. The number of allylic oxidation sites excluding steroid dienone is 1. The summed E-state index contributed by atoms with van der Waals surface area (Å²) in [7, 11) is -4.29. The standard InChI is InChI=1S/C10H18NO7P/c11-8(5-10(14)15)4-7(6-19(16,17)18)2-1-3-9(12)13/h4,8H,1-3,5-6,11H2,(H,12,13)(H,14,15)(H2,16,17,18). The Morgan fingerprint density at radius 3 is 2.16 bits per heavy atom. The van der Waals surface area contributed by atoms with Crippen LogP contribution >= 0.6 is 7.60 Å². The van der Waals surface area contributed by atoms with Crippen molar-refractivity contribution in [2.45, 2.75) is 31.7 Å². The van der Waals surface area contributed by atoms with Crippen molar-refractivity contribution >= 4 is 19.5 Å². The topological polar surface area (TPSA) is 158 Å². The molecule has 19 heavy (non-hydrogen) atoms. The third kappa shape index (κ3) is 11.6. The van der Waals surface area contributed by atoms with Gasteiger partial charge in [0.1, 0.15) is 0 Å². The Bertz CT molecular complexity index is 401. The molecular weight excluding hydrogens is 277 g/mol. The van der Waals surface area contributed by atoms with Gasteiger partial charge in [-0.05, 0) is 12.8 Å². The largest absolute Gasteiger partial charge is 0.481 e. The van der Waals surface area contributed by atoms with E-state index in [2.05, 4.69) is 0 Å². The molecule has 1 unspecified atom stereocenters. The molecule has 0 heterocycles. The van der Waals surface area contributed by atoms with E-state index in [0.29, 0.717) is 0 Å². The van der Waals surface area contributed by atoms with E-state index >= 15 is 0 Å². The van der Waals surface area contributed by atoms with E-state index in [0.717, 1.165) is 0 Å². The highest BCUT2D eigenvalue weighted by atomic mass is 31.2. The van der Waals surface area contributed by atoms with Crippen LogP contribution in [0.3, 0.4) is 0 Å². The van der Waals surface area contributed by atoms with Gasteiger partial charge in [0.25, 0.3) is 0 Å². The zero-order chi connectivity index (χ0) is 15.1. The van der Waals surface area contributed by atoms with Crippen molar-refractivity contribution in [2.75, 3.05) is 6.16 Å². The SMILES string of the molecule is NC(C=C(CCCC(=O)O)CP(=O)(O)O)CC(=O)O. The van der Waals surface area contributed by atoms with Gasteiger partial charge in [0.05, 0.1) is 12.6 Å². The van der Waals surface area contributed by atoms with Gasteiger partial charge in [0.2, 0.25) is 0 Å². The Hall–Kier alpha value is -1.21. The van der Waals surface area contributed by atoms with Gasteiger partial charge < -0.3 is 25.7 Å². The van der Waals surface area contributed by atoms with Crippen LogP contribution in [0.2, 0.25) is 0 Å². The molecule has 0 aliphatic rings. The maximum atomic E-state index is 10.9. The molecule has 0 rings (SSSR count). The summed E-state index contributed by atoms with van der Waals surface area (Å²) in [5, 5.41) is 17.0. The molecule has 0 aromatic carbocycles. The number of aliphatic carboxylic acids is 2. The normalized spacial score (nSPS) is 14.2.